The molecule has 0 unspecified atom stereocenters. The second-order valence-corrected chi connectivity index (χ2v) is 5.98. The maximum absolute atomic E-state index is 12.8. The number of hydrazone groups is 1. The van der Waals surface area contributed by atoms with Gasteiger partial charge in [0.2, 0.25) is 0 Å². The molecule has 0 radical (unpaired) electrons. The van der Waals surface area contributed by atoms with Crippen molar-refractivity contribution < 1.29 is 13.6 Å². The fourth-order valence-corrected chi connectivity index (χ4v) is 2.89. The molecule has 3 rings (SSSR count). The predicted octanol–water partition coefficient (Wildman–Crippen LogP) is 3.65. The fraction of sp³-hybridized carbons (Fsp3) is 0. The molecular weight excluding hydrogens is 323 g/mol. The molecule has 0 N–H and O–H groups in total. The average Bonchev–Trinajstić information content (AvgIpc) is 3.09. The zero-order valence-electron chi connectivity index (χ0n) is 11.1. The van der Waals surface area contributed by atoms with Crippen LogP contribution in [0.15, 0.2) is 57.1 Å². The van der Waals surface area contributed by atoms with Crippen LogP contribution in [0.4, 0.5) is 4.39 Å². The first kappa shape index (κ1) is 14.7. The summed E-state index contributed by atoms with van der Waals surface area (Å²) in [5.74, 6) is -0.0723. The standard InChI is InChI=1S/C15H9FN2O2S2/c16-11-5-3-10(4-6-11)9-17-18-14(19)13(22-15(18)21)8-12-2-1-7-20-12/h1-9H/b13-8+,17-9+. The van der Waals surface area contributed by atoms with Gasteiger partial charge in [0.05, 0.1) is 17.4 Å². The Balaban J connectivity index is 1.78. The lowest BCUT2D eigenvalue weighted by Gasteiger charge is -2.05. The largest absolute Gasteiger partial charge is 0.465 e. The summed E-state index contributed by atoms with van der Waals surface area (Å²) in [7, 11) is 0. The number of halogens is 1. The third kappa shape index (κ3) is 3.15. The van der Waals surface area contributed by atoms with Gasteiger partial charge < -0.3 is 4.42 Å². The minimum absolute atomic E-state index is 0.315. The van der Waals surface area contributed by atoms with Crippen LogP contribution in [0, 0.1) is 5.82 Å². The lowest BCUT2D eigenvalue weighted by Crippen LogP contribution is -2.22. The van der Waals surface area contributed by atoms with Gasteiger partial charge in [-0.3, -0.25) is 4.79 Å². The van der Waals surface area contributed by atoms with E-state index in [0.29, 0.717) is 20.5 Å². The molecule has 0 aliphatic carbocycles. The zero-order chi connectivity index (χ0) is 15.5. The van der Waals surface area contributed by atoms with Crippen molar-refractivity contribution in [1.29, 1.82) is 0 Å². The Hall–Kier alpha value is -2.25. The Bertz CT molecular complexity index is 767. The number of carbonyl (C=O) groups is 1. The van der Waals surface area contributed by atoms with E-state index in [1.807, 2.05) is 0 Å². The summed E-state index contributed by atoms with van der Waals surface area (Å²) in [6.45, 7) is 0. The van der Waals surface area contributed by atoms with E-state index in [1.165, 1.54) is 24.6 Å². The highest BCUT2D eigenvalue weighted by atomic mass is 32.2. The minimum atomic E-state index is -0.329. The van der Waals surface area contributed by atoms with Crippen LogP contribution in [0.1, 0.15) is 11.3 Å². The molecule has 2 aromatic rings. The molecule has 0 bridgehead atoms. The van der Waals surface area contributed by atoms with E-state index >= 15 is 0 Å². The molecule has 0 saturated carbocycles. The smallest absolute Gasteiger partial charge is 0.286 e. The number of rotatable bonds is 3. The number of nitrogens with zero attached hydrogens (tertiary/aromatic N) is 2. The van der Waals surface area contributed by atoms with Crippen molar-refractivity contribution in [3.63, 3.8) is 0 Å². The number of carbonyl (C=O) groups excluding carboxylic acids is 1. The van der Waals surface area contributed by atoms with Gasteiger partial charge in [-0.15, -0.1) is 0 Å². The van der Waals surface area contributed by atoms with Crippen molar-refractivity contribution >= 4 is 46.5 Å². The van der Waals surface area contributed by atoms with Crippen LogP contribution in [0.5, 0.6) is 0 Å². The summed E-state index contributed by atoms with van der Waals surface area (Å²) >= 11 is 6.30. The van der Waals surface area contributed by atoms with Gasteiger partial charge in [0.15, 0.2) is 4.32 Å². The van der Waals surface area contributed by atoms with Crippen LogP contribution in [-0.2, 0) is 4.79 Å². The summed E-state index contributed by atoms with van der Waals surface area (Å²) in [6.07, 6.45) is 4.60. The van der Waals surface area contributed by atoms with Gasteiger partial charge in [-0.05, 0) is 42.0 Å². The molecule has 1 aromatic heterocycles. The first-order valence-corrected chi connectivity index (χ1v) is 7.47. The summed E-state index contributed by atoms with van der Waals surface area (Å²) < 4.78 is 18.3. The first-order valence-electron chi connectivity index (χ1n) is 6.24. The molecule has 1 aliphatic rings. The topological polar surface area (TPSA) is 45.8 Å². The fourth-order valence-electron chi connectivity index (χ4n) is 1.73. The average molecular weight is 332 g/mol. The molecule has 2 heterocycles. The van der Waals surface area contributed by atoms with Crippen molar-refractivity contribution in [3.8, 4) is 0 Å². The van der Waals surface area contributed by atoms with Crippen LogP contribution < -0.4 is 0 Å². The number of hydrogen-bond acceptors (Lipinski definition) is 5. The lowest BCUT2D eigenvalue weighted by atomic mass is 10.2. The molecule has 0 spiro atoms. The lowest BCUT2D eigenvalue weighted by molar-refractivity contribution is -0.122. The molecule has 110 valence electrons. The van der Waals surface area contributed by atoms with E-state index in [1.54, 1.807) is 30.3 Å². The molecule has 1 fully saturated rings. The third-order valence-corrected chi connectivity index (χ3v) is 4.07. The van der Waals surface area contributed by atoms with Crippen molar-refractivity contribution in [2.45, 2.75) is 0 Å². The highest BCUT2D eigenvalue weighted by Gasteiger charge is 2.32. The van der Waals surface area contributed by atoms with Crippen molar-refractivity contribution in [2.24, 2.45) is 5.10 Å². The van der Waals surface area contributed by atoms with E-state index in [-0.39, 0.29) is 11.7 Å². The van der Waals surface area contributed by atoms with Crippen LogP contribution in [0.2, 0.25) is 0 Å². The van der Waals surface area contributed by atoms with Gasteiger partial charge in [0, 0.05) is 6.08 Å². The van der Waals surface area contributed by atoms with Gasteiger partial charge >= 0.3 is 0 Å². The predicted molar refractivity (Wildman–Crippen MR) is 87.7 cm³/mol. The zero-order valence-corrected chi connectivity index (χ0v) is 12.7. The Morgan fingerprint density at radius 1 is 1.27 bits per heavy atom. The van der Waals surface area contributed by atoms with Crippen molar-refractivity contribution in [3.05, 3.63) is 64.7 Å². The number of furan rings is 1. The molecule has 1 aromatic carbocycles. The molecule has 1 amide bonds. The Labute approximate surface area is 135 Å². The molecular formula is C15H9FN2O2S2. The van der Waals surface area contributed by atoms with Gasteiger partial charge in [-0.1, -0.05) is 23.9 Å². The molecule has 1 aliphatic heterocycles. The van der Waals surface area contributed by atoms with E-state index < -0.39 is 0 Å². The third-order valence-electron chi connectivity index (χ3n) is 2.78. The van der Waals surface area contributed by atoms with Crippen LogP contribution >= 0.6 is 24.0 Å². The second-order valence-electron chi connectivity index (χ2n) is 4.31. The summed E-state index contributed by atoms with van der Waals surface area (Å²) in [4.78, 5) is 12.7. The van der Waals surface area contributed by atoms with Crippen molar-refractivity contribution in [2.75, 3.05) is 0 Å². The Morgan fingerprint density at radius 2 is 2.05 bits per heavy atom. The second kappa shape index (κ2) is 6.25. The number of benzene rings is 1. The molecule has 4 nitrogen and oxygen atoms in total. The first-order chi connectivity index (χ1) is 10.6. The van der Waals surface area contributed by atoms with Crippen molar-refractivity contribution in [1.82, 2.24) is 5.01 Å². The SMILES string of the molecule is O=C1/C(=C\c2ccco2)SC(=S)N1/N=C/c1ccc(F)cc1. The van der Waals surface area contributed by atoms with Gasteiger partial charge in [0.25, 0.3) is 5.91 Å². The van der Waals surface area contributed by atoms with Gasteiger partial charge in [0.1, 0.15) is 11.6 Å². The number of thiocarbonyl (C=S) groups is 1. The monoisotopic (exact) mass is 332 g/mol. The van der Waals surface area contributed by atoms with E-state index in [0.717, 1.165) is 16.8 Å². The van der Waals surface area contributed by atoms with E-state index in [9.17, 15) is 9.18 Å². The Kier molecular flexibility index (Phi) is 4.17. The number of amides is 1. The van der Waals surface area contributed by atoms with Crippen LogP contribution in [-0.4, -0.2) is 21.5 Å². The molecule has 1 saturated heterocycles. The maximum atomic E-state index is 12.8. The normalized spacial score (nSPS) is 17.1. The van der Waals surface area contributed by atoms with Crippen LogP contribution in [0.25, 0.3) is 6.08 Å². The molecule has 22 heavy (non-hydrogen) atoms. The van der Waals surface area contributed by atoms with Crippen LogP contribution in [0.3, 0.4) is 0 Å². The number of thioether (sulfide) groups is 1. The summed E-state index contributed by atoms with van der Waals surface area (Å²) in [5, 5.41) is 5.20. The highest BCUT2D eigenvalue weighted by Crippen LogP contribution is 2.32. The Morgan fingerprint density at radius 3 is 2.73 bits per heavy atom. The van der Waals surface area contributed by atoms with Gasteiger partial charge in [-0.2, -0.15) is 10.1 Å². The van der Waals surface area contributed by atoms with E-state index in [2.05, 4.69) is 5.10 Å². The number of hydrogen-bond donors (Lipinski definition) is 0. The maximum Gasteiger partial charge on any atom is 0.286 e. The summed E-state index contributed by atoms with van der Waals surface area (Å²) in [5.41, 5.74) is 0.672. The quantitative estimate of drug-likeness (QED) is 0.489. The molecule has 0 atom stereocenters. The minimum Gasteiger partial charge on any atom is -0.465 e. The summed E-state index contributed by atoms with van der Waals surface area (Å²) in [6, 6.07) is 9.25. The van der Waals surface area contributed by atoms with E-state index in [4.69, 9.17) is 16.6 Å². The van der Waals surface area contributed by atoms with Gasteiger partial charge in [-0.25, -0.2) is 4.39 Å². The molecule has 7 heteroatoms. The highest BCUT2D eigenvalue weighted by molar-refractivity contribution is 8.26.